The quantitative estimate of drug-likeness (QED) is 0.804. The maximum Gasteiger partial charge on any atom is 0.0809 e. The topological polar surface area (TPSA) is 30.5 Å². The van der Waals surface area contributed by atoms with E-state index in [0.29, 0.717) is 6.10 Å². The molecule has 1 saturated heterocycles. The Labute approximate surface area is 118 Å². The van der Waals surface area contributed by atoms with Crippen LogP contribution in [0.15, 0.2) is 0 Å². The van der Waals surface area contributed by atoms with Crippen LogP contribution in [0.5, 0.6) is 0 Å². The van der Waals surface area contributed by atoms with Gasteiger partial charge in [0.1, 0.15) is 0 Å². The van der Waals surface area contributed by atoms with Gasteiger partial charge >= 0.3 is 0 Å². The van der Waals surface area contributed by atoms with Gasteiger partial charge in [0.25, 0.3) is 0 Å². The van der Waals surface area contributed by atoms with Gasteiger partial charge in [0, 0.05) is 13.2 Å². The van der Waals surface area contributed by atoms with Gasteiger partial charge in [-0.3, -0.25) is 0 Å². The molecule has 1 N–H and O–H groups in total. The summed E-state index contributed by atoms with van der Waals surface area (Å²) in [7, 11) is 2.03. The first-order chi connectivity index (χ1) is 9.15. The number of nitrogens with one attached hydrogen (secondary N) is 1. The van der Waals surface area contributed by atoms with Crippen LogP contribution in [0.3, 0.4) is 0 Å². The second kappa shape index (κ2) is 7.05. The van der Waals surface area contributed by atoms with Crippen molar-refractivity contribution in [2.24, 2.45) is 11.8 Å². The lowest BCUT2D eigenvalue weighted by atomic mass is 9.74. The molecule has 1 atom stereocenters. The third-order valence-corrected chi connectivity index (χ3v) is 4.98. The lowest BCUT2D eigenvalue weighted by Gasteiger charge is -2.41. The van der Waals surface area contributed by atoms with Gasteiger partial charge in [-0.25, -0.2) is 0 Å². The first kappa shape index (κ1) is 15.3. The average molecular weight is 269 g/mol. The van der Waals surface area contributed by atoms with E-state index >= 15 is 0 Å². The number of hydrogen-bond acceptors (Lipinski definition) is 3. The summed E-state index contributed by atoms with van der Waals surface area (Å²) in [6, 6.07) is 0. The van der Waals surface area contributed by atoms with Crippen molar-refractivity contribution in [3.05, 3.63) is 0 Å². The molecule has 0 aromatic rings. The zero-order valence-electron chi connectivity index (χ0n) is 12.9. The number of likely N-dealkylation sites (N-methyl/N-ethyl adjacent to an activating group) is 1. The van der Waals surface area contributed by atoms with E-state index in [-0.39, 0.29) is 5.60 Å². The number of hydrogen-bond donors (Lipinski definition) is 1. The summed E-state index contributed by atoms with van der Waals surface area (Å²) in [6.07, 6.45) is 7.73. The minimum absolute atomic E-state index is 0.0616. The highest BCUT2D eigenvalue weighted by atomic mass is 16.5. The van der Waals surface area contributed by atoms with Crippen molar-refractivity contribution >= 4 is 0 Å². The smallest absolute Gasteiger partial charge is 0.0809 e. The molecule has 0 radical (unpaired) electrons. The molecule has 1 unspecified atom stereocenters. The summed E-state index contributed by atoms with van der Waals surface area (Å²) in [5.41, 5.74) is 0.0616. The normalized spacial score (nSPS) is 36.0. The van der Waals surface area contributed by atoms with Crippen LogP contribution < -0.4 is 5.32 Å². The Morgan fingerprint density at radius 2 is 2.00 bits per heavy atom. The van der Waals surface area contributed by atoms with Crippen molar-refractivity contribution in [1.29, 1.82) is 0 Å². The summed E-state index contributed by atoms with van der Waals surface area (Å²) < 4.78 is 12.0. The van der Waals surface area contributed by atoms with Gasteiger partial charge in [0.15, 0.2) is 0 Å². The van der Waals surface area contributed by atoms with E-state index in [1.165, 1.54) is 38.5 Å². The van der Waals surface area contributed by atoms with Crippen LogP contribution in [0.1, 0.15) is 52.4 Å². The van der Waals surface area contributed by atoms with Crippen LogP contribution >= 0.6 is 0 Å². The Hall–Kier alpha value is -0.120. The maximum absolute atomic E-state index is 6.34. The van der Waals surface area contributed by atoms with Crippen LogP contribution in [0, 0.1) is 11.8 Å². The van der Waals surface area contributed by atoms with Crippen LogP contribution in [0.2, 0.25) is 0 Å². The Kier molecular flexibility index (Phi) is 5.67. The lowest BCUT2D eigenvalue weighted by molar-refractivity contribution is -0.107. The summed E-state index contributed by atoms with van der Waals surface area (Å²) in [5.74, 6) is 1.70. The van der Waals surface area contributed by atoms with Gasteiger partial charge in [-0.1, -0.05) is 13.8 Å². The molecule has 0 bridgehead atoms. The third kappa shape index (κ3) is 4.17. The van der Waals surface area contributed by atoms with E-state index in [0.717, 1.165) is 31.6 Å². The second-order valence-electron chi connectivity index (χ2n) is 6.74. The van der Waals surface area contributed by atoms with Crippen molar-refractivity contribution in [3.8, 4) is 0 Å². The van der Waals surface area contributed by atoms with Crippen molar-refractivity contribution in [2.75, 3.05) is 26.8 Å². The lowest BCUT2D eigenvalue weighted by Crippen LogP contribution is -2.46. The predicted octanol–water partition coefficient (Wildman–Crippen LogP) is 2.99. The third-order valence-electron chi connectivity index (χ3n) is 4.98. The van der Waals surface area contributed by atoms with Gasteiger partial charge in [-0.2, -0.15) is 0 Å². The van der Waals surface area contributed by atoms with Gasteiger partial charge in [-0.15, -0.1) is 0 Å². The molecular weight excluding hydrogens is 238 g/mol. The van der Waals surface area contributed by atoms with E-state index < -0.39 is 0 Å². The van der Waals surface area contributed by atoms with E-state index in [1.54, 1.807) is 0 Å². The summed E-state index contributed by atoms with van der Waals surface area (Å²) in [6.45, 7) is 7.38. The van der Waals surface area contributed by atoms with Crippen molar-refractivity contribution in [2.45, 2.75) is 64.1 Å². The molecule has 0 amide bonds. The molecule has 0 spiro atoms. The molecule has 0 aromatic carbocycles. The first-order valence-electron chi connectivity index (χ1n) is 8.05. The van der Waals surface area contributed by atoms with Crippen molar-refractivity contribution in [1.82, 2.24) is 5.32 Å². The van der Waals surface area contributed by atoms with Crippen LogP contribution in [-0.4, -0.2) is 38.5 Å². The van der Waals surface area contributed by atoms with Crippen LogP contribution in [-0.2, 0) is 9.47 Å². The average Bonchev–Trinajstić information content (AvgIpc) is 2.91. The Morgan fingerprint density at radius 1 is 1.26 bits per heavy atom. The van der Waals surface area contributed by atoms with Gasteiger partial charge < -0.3 is 14.8 Å². The van der Waals surface area contributed by atoms with Crippen molar-refractivity contribution < 1.29 is 9.47 Å². The zero-order chi connectivity index (χ0) is 13.7. The van der Waals surface area contributed by atoms with Crippen LogP contribution in [0.4, 0.5) is 0 Å². The van der Waals surface area contributed by atoms with E-state index in [2.05, 4.69) is 19.2 Å². The Balaban J connectivity index is 1.83. The fourth-order valence-corrected chi connectivity index (χ4v) is 3.57. The Morgan fingerprint density at radius 3 is 2.53 bits per heavy atom. The molecule has 2 rings (SSSR count). The monoisotopic (exact) mass is 269 g/mol. The number of rotatable bonds is 6. The summed E-state index contributed by atoms with van der Waals surface area (Å²) >= 11 is 0. The largest absolute Gasteiger partial charge is 0.376 e. The highest BCUT2D eigenvalue weighted by Gasteiger charge is 2.37. The highest BCUT2D eigenvalue weighted by Crippen LogP contribution is 2.38. The molecular formula is C16H31NO2. The molecule has 2 aliphatic rings. The molecule has 1 aliphatic carbocycles. The molecule has 3 heteroatoms. The molecule has 112 valence electrons. The highest BCUT2D eigenvalue weighted by molar-refractivity contribution is 4.90. The SMILES string of the molecule is CNCC1(OCC2CCCO2)CCC(C(C)C)CC1. The fourth-order valence-electron chi connectivity index (χ4n) is 3.57. The van der Waals surface area contributed by atoms with E-state index in [1.807, 2.05) is 7.05 Å². The van der Waals surface area contributed by atoms with Gasteiger partial charge in [-0.05, 0) is 57.4 Å². The summed E-state index contributed by atoms with van der Waals surface area (Å²) in [5, 5.41) is 3.33. The van der Waals surface area contributed by atoms with Crippen LogP contribution in [0.25, 0.3) is 0 Å². The maximum atomic E-state index is 6.34. The molecule has 1 saturated carbocycles. The molecule has 3 nitrogen and oxygen atoms in total. The molecule has 19 heavy (non-hydrogen) atoms. The van der Waals surface area contributed by atoms with Crippen molar-refractivity contribution in [3.63, 3.8) is 0 Å². The zero-order valence-corrected chi connectivity index (χ0v) is 12.9. The fraction of sp³-hybridized carbons (Fsp3) is 1.00. The Bertz CT molecular complexity index is 253. The molecule has 1 heterocycles. The minimum Gasteiger partial charge on any atom is -0.376 e. The summed E-state index contributed by atoms with van der Waals surface area (Å²) in [4.78, 5) is 0. The van der Waals surface area contributed by atoms with E-state index in [9.17, 15) is 0 Å². The van der Waals surface area contributed by atoms with Gasteiger partial charge in [0.05, 0.1) is 18.3 Å². The number of ether oxygens (including phenoxy) is 2. The molecule has 2 fully saturated rings. The molecule has 1 aliphatic heterocycles. The standard InChI is InChI=1S/C16H31NO2/c1-13(2)14-6-8-16(9-7-14,12-17-3)19-11-15-5-4-10-18-15/h13-15,17H,4-12H2,1-3H3. The second-order valence-corrected chi connectivity index (χ2v) is 6.74. The first-order valence-corrected chi connectivity index (χ1v) is 8.05. The molecule has 0 aromatic heterocycles. The predicted molar refractivity (Wildman–Crippen MR) is 78.4 cm³/mol. The minimum atomic E-state index is 0.0616. The van der Waals surface area contributed by atoms with E-state index in [4.69, 9.17) is 9.47 Å². The van der Waals surface area contributed by atoms with Gasteiger partial charge in [0.2, 0.25) is 0 Å².